The largest absolute Gasteiger partial charge is 0.419 e. The molecule has 4 rings (SSSR count). The summed E-state index contributed by atoms with van der Waals surface area (Å²) in [7, 11) is -3.73. The number of aromatic nitrogens is 2. The van der Waals surface area contributed by atoms with Crippen molar-refractivity contribution < 1.29 is 12.8 Å². The summed E-state index contributed by atoms with van der Waals surface area (Å²) in [6, 6.07) is 12.2. The van der Waals surface area contributed by atoms with Gasteiger partial charge in [-0.15, -0.1) is 10.2 Å². The molecule has 0 N–H and O–H groups in total. The lowest BCUT2D eigenvalue weighted by molar-refractivity contribution is 0.129. The van der Waals surface area contributed by atoms with Gasteiger partial charge in [0.2, 0.25) is 21.8 Å². The Kier molecular flexibility index (Phi) is 6.37. The van der Waals surface area contributed by atoms with Crippen LogP contribution in [0.25, 0.3) is 11.5 Å². The van der Waals surface area contributed by atoms with E-state index in [0.717, 1.165) is 11.1 Å². The van der Waals surface area contributed by atoms with Crippen molar-refractivity contribution in [3.8, 4) is 11.5 Å². The second kappa shape index (κ2) is 8.88. The molecule has 1 aromatic heterocycles. The fourth-order valence-electron chi connectivity index (χ4n) is 3.60. The lowest BCUT2D eigenvalue weighted by atomic mass is 10.1. The minimum absolute atomic E-state index is 0.0304. The summed E-state index contributed by atoms with van der Waals surface area (Å²) in [5, 5.41) is 8.88. The fourth-order valence-corrected chi connectivity index (χ4v) is 5.76. The molecule has 0 spiro atoms. The average Bonchev–Trinajstić information content (AvgIpc) is 3.25. The molecule has 3 aromatic rings. The number of rotatable bonds is 5. The van der Waals surface area contributed by atoms with Gasteiger partial charge >= 0.3 is 0 Å². The Hall–Kier alpha value is -1.97. The van der Waals surface area contributed by atoms with Gasteiger partial charge in [-0.25, -0.2) is 8.42 Å². The van der Waals surface area contributed by atoms with E-state index in [1.54, 1.807) is 6.07 Å². The summed E-state index contributed by atoms with van der Waals surface area (Å²) in [4.78, 5) is 2.15. The summed E-state index contributed by atoms with van der Waals surface area (Å²) in [6.45, 7) is 5.70. The van der Waals surface area contributed by atoms with Gasteiger partial charge in [-0.3, -0.25) is 4.90 Å². The minimum Gasteiger partial charge on any atom is -0.419 e. The number of benzene rings is 2. The molecule has 2 aromatic carbocycles. The lowest BCUT2D eigenvalue weighted by Crippen LogP contribution is -2.49. The molecule has 0 saturated carbocycles. The van der Waals surface area contributed by atoms with Crippen molar-refractivity contribution in [2.24, 2.45) is 0 Å². The molecule has 0 bridgehead atoms. The standard InChI is InChI=1S/C21H22Cl2N4O3S/c1-14-4-3-5-16(12-14)21-25-24-20(30-21)15(2)26-8-10-27(11-9-26)31(28,29)19-13-17(22)6-7-18(19)23/h3-7,12-13,15H,8-11H2,1-2H3. The Bertz CT molecular complexity index is 1190. The Balaban J connectivity index is 1.45. The van der Waals surface area contributed by atoms with Crippen molar-refractivity contribution in [1.29, 1.82) is 0 Å². The zero-order chi connectivity index (χ0) is 22.2. The number of halogens is 2. The molecule has 0 aliphatic carbocycles. The van der Waals surface area contributed by atoms with E-state index in [0.29, 0.717) is 43.0 Å². The first-order valence-corrected chi connectivity index (χ1v) is 12.0. The number of piperazine rings is 1. The summed E-state index contributed by atoms with van der Waals surface area (Å²) < 4.78 is 33.4. The van der Waals surface area contributed by atoms with Gasteiger partial charge in [0.1, 0.15) is 4.90 Å². The highest BCUT2D eigenvalue weighted by Gasteiger charge is 2.33. The predicted molar refractivity (Wildman–Crippen MR) is 120 cm³/mol. The third kappa shape index (κ3) is 4.63. The van der Waals surface area contributed by atoms with Gasteiger partial charge in [0.25, 0.3) is 0 Å². The Labute approximate surface area is 191 Å². The van der Waals surface area contributed by atoms with Crippen LogP contribution in [0.5, 0.6) is 0 Å². The van der Waals surface area contributed by atoms with Crippen LogP contribution >= 0.6 is 23.2 Å². The fraction of sp³-hybridized carbons (Fsp3) is 0.333. The first-order valence-electron chi connectivity index (χ1n) is 9.85. The molecule has 1 saturated heterocycles. The molecule has 31 heavy (non-hydrogen) atoms. The second-order valence-corrected chi connectivity index (χ2v) is 10.3. The van der Waals surface area contributed by atoms with Crippen molar-refractivity contribution >= 4 is 33.2 Å². The highest BCUT2D eigenvalue weighted by molar-refractivity contribution is 7.89. The van der Waals surface area contributed by atoms with Gasteiger partial charge in [0.15, 0.2) is 0 Å². The van der Waals surface area contributed by atoms with Crippen LogP contribution in [0.1, 0.15) is 24.4 Å². The van der Waals surface area contributed by atoms with Crippen molar-refractivity contribution in [2.75, 3.05) is 26.2 Å². The van der Waals surface area contributed by atoms with E-state index in [9.17, 15) is 8.42 Å². The molecule has 1 aliphatic heterocycles. The summed E-state index contributed by atoms with van der Waals surface area (Å²) in [6.07, 6.45) is 0. The van der Waals surface area contributed by atoms with Crippen LogP contribution in [0.3, 0.4) is 0 Å². The van der Waals surface area contributed by atoms with Gasteiger partial charge < -0.3 is 4.42 Å². The van der Waals surface area contributed by atoms with Crippen molar-refractivity contribution in [3.05, 3.63) is 64.0 Å². The topological polar surface area (TPSA) is 79.5 Å². The van der Waals surface area contributed by atoms with Crippen molar-refractivity contribution in [1.82, 2.24) is 19.4 Å². The zero-order valence-electron chi connectivity index (χ0n) is 17.1. The normalized spacial score (nSPS) is 17.0. The van der Waals surface area contributed by atoms with E-state index >= 15 is 0 Å². The molecular formula is C21H22Cl2N4O3S. The quantitative estimate of drug-likeness (QED) is 0.537. The van der Waals surface area contributed by atoms with Crippen LogP contribution < -0.4 is 0 Å². The molecule has 1 unspecified atom stereocenters. The molecule has 1 aliphatic rings. The van der Waals surface area contributed by atoms with Crippen LogP contribution in [0.4, 0.5) is 0 Å². The molecule has 0 amide bonds. The smallest absolute Gasteiger partial charge is 0.247 e. The van der Waals surface area contributed by atoms with Crippen LogP contribution in [0.2, 0.25) is 10.0 Å². The Morgan fingerprint density at radius 1 is 1.03 bits per heavy atom. The lowest BCUT2D eigenvalue weighted by Gasteiger charge is -2.36. The maximum atomic E-state index is 13.0. The van der Waals surface area contributed by atoms with Crippen LogP contribution in [-0.2, 0) is 10.0 Å². The van der Waals surface area contributed by atoms with Gasteiger partial charge in [-0.1, -0.05) is 40.9 Å². The number of hydrogen-bond donors (Lipinski definition) is 0. The summed E-state index contributed by atoms with van der Waals surface area (Å²) in [5.41, 5.74) is 1.99. The Morgan fingerprint density at radius 3 is 2.48 bits per heavy atom. The van der Waals surface area contributed by atoms with E-state index in [4.69, 9.17) is 27.6 Å². The molecule has 1 fully saturated rings. The first kappa shape index (κ1) is 22.2. The molecule has 7 nitrogen and oxygen atoms in total. The van der Waals surface area contributed by atoms with E-state index in [1.807, 2.05) is 38.1 Å². The predicted octanol–water partition coefficient (Wildman–Crippen LogP) is 4.42. The number of hydrogen-bond acceptors (Lipinski definition) is 6. The highest BCUT2D eigenvalue weighted by atomic mass is 35.5. The van der Waals surface area contributed by atoms with Gasteiger partial charge in [-0.2, -0.15) is 4.31 Å². The molecule has 0 radical (unpaired) electrons. The number of sulfonamides is 1. The highest BCUT2D eigenvalue weighted by Crippen LogP contribution is 2.30. The maximum absolute atomic E-state index is 13.0. The molecule has 10 heteroatoms. The zero-order valence-corrected chi connectivity index (χ0v) is 19.5. The van der Waals surface area contributed by atoms with E-state index < -0.39 is 10.0 Å². The summed E-state index contributed by atoms with van der Waals surface area (Å²) in [5.74, 6) is 0.980. The van der Waals surface area contributed by atoms with Crippen LogP contribution in [-0.4, -0.2) is 54.0 Å². The van der Waals surface area contributed by atoms with Crippen LogP contribution in [0, 0.1) is 6.92 Å². The second-order valence-electron chi connectivity index (χ2n) is 7.51. The average molecular weight is 481 g/mol. The third-order valence-corrected chi connectivity index (χ3v) is 8.01. The molecule has 164 valence electrons. The van der Waals surface area contributed by atoms with E-state index in [2.05, 4.69) is 15.1 Å². The summed E-state index contributed by atoms with van der Waals surface area (Å²) >= 11 is 12.1. The maximum Gasteiger partial charge on any atom is 0.247 e. The Morgan fingerprint density at radius 2 is 1.77 bits per heavy atom. The molecular weight excluding hydrogens is 459 g/mol. The third-order valence-electron chi connectivity index (χ3n) is 5.40. The first-order chi connectivity index (χ1) is 14.8. The molecule has 1 atom stereocenters. The SMILES string of the molecule is Cc1cccc(-c2nnc(C(C)N3CCN(S(=O)(=O)c4cc(Cl)ccc4Cl)CC3)o2)c1. The number of aryl methyl sites for hydroxylation is 1. The van der Waals surface area contributed by atoms with Gasteiger partial charge in [0.05, 0.1) is 11.1 Å². The van der Waals surface area contributed by atoms with Crippen molar-refractivity contribution in [3.63, 3.8) is 0 Å². The monoisotopic (exact) mass is 480 g/mol. The minimum atomic E-state index is -3.73. The van der Waals surface area contributed by atoms with Crippen LogP contribution in [0.15, 0.2) is 51.8 Å². The van der Waals surface area contributed by atoms with Crippen molar-refractivity contribution in [2.45, 2.75) is 24.8 Å². The van der Waals surface area contributed by atoms with E-state index in [1.165, 1.54) is 16.4 Å². The van der Waals surface area contributed by atoms with Gasteiger partial charge in [-0.05, 0) is 44.2 Å². The van der Waals surface area contributed by atoms with E-state index in [-0.39, 0.29) is 16.0 Å². The number of nitrogens with zero attached hydrogens (tertiary/aromatic N) is 4. The van der Waals surface area contributed by atoms with Gasteiger partial charge in [0, 0.05) is 36.8 Å². The molecule has 2 heterocycles.